The van der Waals surface area contributed by atoms with Crippen molar-refractivity contribution in [1.29, 1.82) is 0 Å². The van der Waals surface area contributed by atoms with Crippen LogP contribution in [-0.4, -0.2) is 58.1 Å². The molecule has 0 aliphatic carbocycles. The lowest BCUT2D eigenvalue weighted by atomic mass is 10.2. The van der Waals surface area contributed by atoms with Crippen LogP contribution in [-0.2, 0) is 6.54 Å². The Kier molecular flexibility index (Phi) is 3.98. The molecule has 20 heavy (non-hydrogen) atoms. The van der Waals surface area contributed by atoms with Crippen LogP contribution in [0.2, 0.25) is 0 Å². The first-order chi connectivity index (χ1) is 9.72. The molecule has 5 heteroatoms. The molecule has 1 N–H and O–H groups in total. The zero-order valence-electron chi connectivity index (χ0n) is 11.7. The van der Waals surface area contributed by atoms with Crippen LogP contribution in [0, 0.1) is 0 Å². The van der Waals surface area contributed by atoms with Crippen molar-refractivity contribution in [2.45, 2.75) is 31.8 Å². The molecule has 1 aromatic heterocycles. The average Bonchev–Trinajstić information content (AvgIpc) is 3.09. The van der Waals surface area contributed by atoms with Crippen molar-refractivity contribution in [3.8, 4) is 0 Å². The van der Waals surface area contributed by atoms with E-state index < -0.39 is 5.97 Å². The second kappa shape index (κ2) is 5.89. The van der Waals surface area contributed by atoms with Gasteiger partial charge in [0.1, 0.15) is 5.69 Å². The molecular weight excluding hydrogens is 254 g/mol. The fourth-order valence-electron chi connectivity index (χ4n) is 3.31. The van der Waals surface area contributed by atoms with E-state index in [-0.39, 0.29) is 5.69 Å². The molecule has 0 spiro atoms. The van der Waals surface area contributed by atoms with E-state index in [1.54, 1.807) is 12.3 Å². The molecule has 0 radical (unpaired) electrons. The number of hydrogen-bond donors (Lipinski definition) is 1. The minimum Gasteiger partial charge on any atom is -0.477 e. The van der Waals surface area contributed by atoms with Gasteiger partial charge in [-0.3, -0.25) is 9.80 Å². The Morgan fingerprint density at radius 2 is 2.15 bits per heavy atom. The Balaban J connectivity index is 1.58. The van der Waals surface area contributed by atoms with Crippen LogP contribution in [0.4, 0.5) is 0 Å². The molecule has 0 aromatic carbocycles. The minimum atomic E-state index is -0.955. The van der Waals surface area contributed by atoms with E-state index in [0.29, 0.717) is 6.04 Å². The van der Waals surface area contributed by atoms with Gasteiger partial charge >= 0.3 is 5.97 Å². The summed E-state index contributed by atoms with van der Waals surface area (Å²) in [4.78, 5) is 19.8. The van der Waals surface area contributed by atoms with Crippen molar-refractivity contribution in [3.63, 3.8) is 0 Å². The smallest absolute Gasteiger partial charge is 0.354 e. The number of aromatic carboxylic acids is 1. The minimum absolute atomic E-state index is 0.137. The van der Waals surface area contributed by atoms with E-state index in [9.17, 15) is 4.79 Å². The molecule has 0 bridgehead atoms. The first-order valence-electron chi connectivity index (χ1n) is 7.37. The summed E-state index contributed by atoms with van der Waals surface area (Å²) in [6.07, 6.45) is 5.50. The Morgan fingerprint density at radius 1 is 1.35 bits per heavy atom. The number of carboxylic acids is 1. The molecule has 3 rings (SSSR count). The van der Waals surface area contributed by atoms with Crippen LogP contribution in [0.1, 0.15) is 35.3 Å². The van der Waals surface area contributed by atoms with Crippen LogP contribution in [0.3, 0.4) is 0 Å². The first kappa shape index (κ1) is 13.5. The van der Waals surface area contributed by atoms with E-state index in [1.165, 1.54) is 32.4 Å². The van der Waals surface area contributed by atoms with Crippen LogP contribution in [0.15, 0.2) is 18.3 Å². The van der Waals surface area contributed by atoms with Gasteiger partial charge in [-0.15, -0.1) is 0 Å². The normalized spacial score (nSPS) is 24.3. The molecule has 0 saturated carbocycles. The highest BCUT2D eigenvalue weighted by Gasteiger charge is 2.29. The summed E-state index contributed by atoms with van der Waals surface area (Å²) in [6, 6.07) is 4.29. The molecule has 1 unspecified atom stereocenters. The summed E-state index contributed by atoms with van der Waals surface area (Å²) in [5.74, 6) is -0.955. The molecule has 3 heterocycles. The number of carbonyl (C=O) groups is 1. The highest BCUT2D eigenvalue weighted by Crippen LogP contribution is 2.21. The molecule has 0 amide bonds. The molecule has 1 atom stereocenters. The van der Waals surface area contributed by atoms with Gasteiger partial charge in [0.15, 0.2) is 0 Å². The van der Waals surface area contributed by atoms with Gasteiger partial charge in [-0.2, -0.15) is 0 Å². The van der Waals surface area contributed by atoms with Crippen LogP contribution in [0.25, 0.3) is 0 Å². The Hall–Kier alpha value is -1.46. The summed E-state index contributed by atoms with van der Waals surface area (Å²) in [5, 5.41) is 8.97. The SMILES string of the molecule is O=C(O)c1cc(CN2CCC(N3CCCC3)C2)ccn1. The summed E-state index contributed by atoms with van der Waals surface area (Å²) in [7, 11) is 0. The largest absolute Gasteiger partial charge is 0.477 e. The van der Waals surface area contributed by atoms with Crippen molar-refractivity contribution in [3.05, 3.63) is 29.6 Å². The maximum absolute atomic E-state index is 10.9. The van der Waals surface area contributed by atoms with Crippen molar-refractivity contribution in [2.24, 2.45) is 0 Å². The fraction of sp³-hybridized carbons (Fsp3) is 0.600. The van der Waals surface area contributed by atoms with Crippen LogP contribution < -0.4 is 0 Å². The van der Waals surface area contributed by atoms with Gasteiger partial charge in [0.2, 0.25) is 0 Å². The van der Waals surface area contributed by atoms with Crippen LogP contribution >= 0.6 is 0 Å². The second-order valence-electron chi connectivity index (χ2n) is 5.78. The van der Waals surface area contributed by atoms with Gasteiger partial charge in [0.05, 0.1) is 0 Å². The molecular formula is C15H21N3O2. The van der Waals surface area contributed by atoms with E-state index in [0.717, 1.165) is 25.2 Å². The lowest BCUT2D eigenvalue weighted by Gasteiger charge is -2.23. The fourth-order valence-corrected chi connectivity index (χ4v) is 3.31. The lowest BCUT2D eigenvalue weighted by molar-refractivity contribution is 0.0690. The number of nitrogens with zero attached hydrogens (tertiary/aromatic N) is 3. The number of aromatic nitrogens is 1. The van der Waals surface area contributed by atoms with Gasteiger partial charge in [0.25, 0.3) is 0 Å². The van der Waals surface area contributed by atoms with Gasteiger partial charge in [0, 0.05) is 31.9 Å². The third-order valence-corrected chi connectivity index (χ3v) is 4.35. The van der Waals surface area contributed by atoms with Gasteiger partial charge in [-0.1, -0.05) is 0 Å². The number of likely N-dealkylation sites (tertiary alicyclic amines) is 2. The molecule has 2 aliphatic rings. The first-order valence-corrected chi connectivity index (χ1v) is 7.37. The lowest BCUT2D eigenvalue weighted by Crippen LogP contribution is -2.35. The third kappa shape index (κ3) is 2.99. The van der Waals surface area contributed by atoms with E-state index >= 15 is 0 Å². The Morgan fingerprint density at radius 3 is 2.90 bits per heavy atom. The second-order valence-corrected chi connectivity index (χ2v) is 5.78. The number of carboxylic acid groups (broad SMARTS) is 1. The maximum Gasteiger partial charge on any atom is 0.354 e. The summed E-state index contributed by atoms with van der Waals surface area (Å²) < 4.78 is 0. The maximum atomic E-state index is 10.9. The van der Waals surface area contributed by atoms with E-state index in [1.807, 2.05) is 6.07 Å². The highest BCUT2D eigenvalue weighted by molar-refractivity contribution is 5.85. The summed E-state index contributed by atoms with van der Waals surface area (Å²) in [5.41, 5.74) is 1.18. The predicted molar refractivity (Wildman–Crippen MR) is 75.7 cm³/mol. The predicted octanol–water partition coefficient (Wildman–Crippen LogP) is 1.45. The zero-order valence-corrected chi connectivity index (χ0v) is 11.7. The zero-order chi connectivity index (χ0) is 13.9. The summed E-state index contributed by atoms with van der Waals surface area (Å²) in [6.45, 7) is 5.53. The molecule has 2 fully saturated rings. The molecule has 5 nitrogen and oxygen atoms in total. The molecule has 2 saturated heterocycles. The number of rotatable bonds is 4. The topological polar surface area (TPSA) is 56.7 Å². The standard InChI is InChI=1S/C15H21N3O2/c19-15(20)14-9-12(3-5-16-14)10-17-8-4-13(11-17)18-6-1-2-7-18/h3,5,9,13H,1-2,4,6-8,10-11H2,(H,19,20). The molecule has 2 aliphatic heterocycles. The quantitative estimate of drug-likeness (QED) is 0.901. The third-order valence-electron chi connectivity index (χ3n) is 4.35. The van der Waals surface area contributed by atoms with E-state index in [2.05, 4.69) is 14.8 Å². The number of hydrogen-bond acceptors (Lipinski definition) is 4. The van der Waals surface area contributed by atoms with Crippen molar-refractivity contribution in [1.82, 2.24) is 14.8 Å². The number of pyridine rings is 1. The van der Waals surface area contributed by atoms with Gasteiger partial charge < -0.3 is 5.11 Å². The van der Waals surface area contributed by atoms with Crippen molar-refractivity contribution in [2.75, 3.05) is 26.2 Å². The average molecular weight is 275 g/mol. The highest BCUT2D eigenvalue weighted by atomic mass is 16.4. The van der Waals surface area contributed by atoms with Crippen LogP contribution in [0.5, 0.6) is 0 Å². The van der Waals surface area contributed by atoms with Gasteiger partial charge in [-0.05, 0) is 50.0 Å². The summed E-state index contributed by atoms with van der Waals surface area (Å²) >= 11 is 0. The molecule has 108 valence electrons. The van der Waals surface area contributed by atoms with Gasteiger partial charge in [-0.25, -0.2) is 9.78 Å². The Labute approximate surface area is 119 Å². The van der Waals surface area contributed by atoms with E-state index in [4.69, 9.17) is 5.11 Å². The monoisotopic (exact) mass is 275 g/mol. The van der Waals surface area contributed by atoms with Crippen molar-refractivity contribution < 1.29 is 9.90 Å². The van der Waals surface area contributed by atoms with Crippen molar-refractivity contribution >= 4 is 5.97 Å². The molecule has 1 aromatic rings. The Bertz CT molecular complexity index is 486.